The third-order valence-electron chi connectivity index (χ3n) is 1.78. The van der Waals surface area contributed by atoms with Crippen molar-refractivity contribution in [2.75, 3.05) is 6.61 Å². The first kappa shape index (κ1) is 11.1. The summed E-state index contributed by atoms with van der Waals surface area (Å²) in [5, 5.41) is 8.84. The van der Waals surface area contributed by atoms with Crippen LogP contribution >= 0.6 is 22.9 Å². The molecule has 7 heteroatoms. The zero-order valence-corrected chi connectivity index (χ0v) is 9.93. The first-order valence-corrected chi connectivity index (χ1v) is 5.81. The normalized spacial score (nSPS) is 10.4. The van der Waals surface area contributed by atoms with E-state index in [0.29, 0.717) is 17.5 Å². The van der Waals surface area contributed by atoms with Gasteiger partial charge in [-0.3, -0.25) is 5.10 Å². The third-order valence-corrected chi connectivity index (χ3v) is 3.12. The van der Waals surface area contributed by atoms with Crippen LogP contribution in [0, 0.1) is 0 Å². The average molecular weight is 258 g/mol. The van der Waals surface area contributed by atoms with Gasteiger partial charge in [-0.1, -0.05) is 11.6 Å². The molecule has 0 aliphatic heterocycles. The maximum absolute atomic E-state index is 11.3. The standard InChI is InChI=1S/C9H8ClN3O2S/c1-2-15-9(14)8-11-7(12-13-8)6-5(10)3-4-16-6/h3-4H,2H2,1H3,(H,11,12,13). The number of rotatable bonds is 3. The second-order valence-electron chi connectivity index (χ2n) is 2.83. The highest BCUT2D eigenvalue weighted by Crippen LogP contribution is 2.30. The summed E-state index contributed by atoms with van der Waals surface area (Å²) in [6, 6.07) is 1.76. The maximum Gasteiger partial charge on any atom is 0.378 e. The Bertz CT molecular complexity index is 508. The van der Waals surface area contributed by atoms with Crippen molar-refractivity contribution >= 4 is 28.9 Å². The van der Waals surface area contributed by atoms with Gasteiger partial charge in [0, 0.05) is 0 Å². The second kappa shape index (κ2) is 4.63. The number of hydrogen-bond donors (Lipinski definition) is 1. The fourth-order valence-corrected chi connectivity index (χ4v) is 2.20. The molecule has 0 unspecified atom stereocenters. The SMILES string of the molecule is CCOC(=O)c1n[nH]c(-c2sccc2Cl)n1. The van der Waals surface area contributed by atoms with Crippen LogP contribution in [0.15, 0.2) is 11.4 Å². The first-order valence-electron chi connectivity index (χ1n) is 4.55. The van der Waals surface area contributed by atoms with Gasteiger partial charge in [-0.05, 0) is 18.4 Å². The van der Waals surface area contributed by atoms with Gasteiger partial charge in [0.2, 0.25) is 0 Å². The number of aromatic amines is 1. The van der Waals surface area contributed by atoms with Crippen LogP contribution < -0.4 is 0 Å². The molecule has 1 N–H and O–H groups in total. The summed E-state index contributed by atoms with van der Waals surface area (Å²) >= 11 is 7.35. The lowest BCUT2D eigenvalue weighted by atomic mass is 10.4. The minimum atomic E-state index is -0.544. The summed E-state index contributed by atoms with van der Waals surface area (Å²) in [4.78, 5) is 16.1. The predicted octanol–water partition coefficient (Wildman–Crippen LogP) is 2.36. The van der Waals surface area contributed by atoms with Crippen molar-refractivity contribution in [1.82, 2.24) is 15.2 Å². The van der Waals surface area contributed by atoms with Crippen molar-refractivity contribution in [3.05, 3.63) is 22.3 Å². The number of hydrogen-bond acceptors (Lipinski definition) is 5. The van der Waals surface area contributed by atoms with Gasteiger partial charge in [-0.15, -0.1) is 16.4 Å². The van der Waals surface area contributed by atoms with Gasteiger partial charge in [-0.25, -0.2) is 9.78 Å². The summed E-state index contributed by atoms with van der Waals surface area (Å²) < 4.78 is 4.78. The Labute approximate surface area is 100 Å². The van der Waals surface area contributed by atoms with Crippen molar-refractivity contribution in [1.29, 1.82) is 0 Å². The predicted molar refractivity (Wildman–Crippen MR) is 60.7 cm³/mol. The number of thiophene rings is 1. The highest BCUT2D eigenvalue weighted by Gasteiger charge is 2.16. The number of H-pyrrole nitrogens is 1. The molecule has 5 nitrogen and oxygen atoms in total. The van der Waals surface area contributed by atoms with Crippen LogP contribution in [0.5, 0.6) is 0 Å². The van der Waals surface area contributed by atoms with Gasteiger partial charge in [0.25, 0.3) is 5.82 Å². The Hall–Kier alpha value is -1.40. The molecule has 0 aliphatic rings. The van der Waals surface area contributed by atoms with Crippen LogP contribution in [0.3, 0.4) is 0 Å². The van der Waals surface area contributed by atoms with E-state index >= 15 is 0 Å². The molecule has 0 amide bonds. The zero-order valence-electron chi connectivity index (χ0n) is 8.36. The Morgan fingerprint density at radius 3 is 3.12 bits per heavy atom. The number of carbonyl (C=O) groups is 1. The largest absolute Gasteiger partial charge is 0.460 e. The zero-order chi connectivity index (χ0) is 11.5. The van der Waals surface area contributed by atoms with E-state index in [1.807, 2.05) is 5.38 Å². The van der Waals surface area contributed by atoms with Gasteiger partial charge in [0.05, 0.1) is 16.5 Å². The van der Waals surface area contributed by atoms with Crippen LogP contribution in [-0.2, 0) is 4.74 Å². The smallest absolute Gasteiger partial charge is 0.378 e. The third kappa shape index (κ3) is 2.07. The molecule has 0 spiro atoms. The number of nitrogens with zero attached hydrogens (tertiary/aromatic N) is 2. The summed E-state index contributed by atoms with van der Waals surface area (Å²) in [5.74, 6) is -0.0537. The quantitative estimate of drug-likeness (QED) is 0.857. The highest BCUT2D eigenvalue weighted by molar-refractivity contribution is 7.14. The minimum Gasteiger partial charge on any atom is -0.460 e. The minimum absolute atomic E-state index is 0.0151. The van der Waals surface area contributed by atoms with Gasteiger partial charge in [-0.2, -0.15) is 0 Å². The maximum atomic E-state index is 11.3. The summed E-state index contributed by atoms with van der Waals surface area (Å²) in [5.41, 5.74) is 0. The van der Waals surface area contributed by atoms with Gasteiger partial charge in [0.1, 0.15) is 0 Å². The van der Waals surface area contributed by atoms with Crippen molar-refractivity contribution in [3.8, 4) is 10.7 Å². The molecule has 16 heavy (non-hydrogen) atoms. The fraction of sp³-hybridized carbons (Fsp3) is 0.222. The highest BCUT2D eigenvalue weighted by atomic mass is 35.5. The van der Waals surface area contributed by atoms with Gasteiger partial charge >= 0.3 is 5.97 Å². The van der Waals surface area contributed by atoms with Crippen molar-refractivity contribution in [3.63, 3.8) is 0 Å². The lowest BCUT2D eigenvalue weighted by Gasteiger charge is -1.94. The molecule has 0 saturated carbocycles. The molecular weight excluding hydrogens is 250 g/mol. The molecule has 0 bridgehead atoms. The molecule has 0 aliphatic carbocycles. The van der Waals surface area contributed by atoms with E-state index in [1.54, 1.807) is 13.0 Å². The van der Waals surface area contributed by atoms with Crippen LogP contribution in [0.4, 0.5) is 0 Å². The van der Waals surface area contributed by atoms with E-state index in [0.717, 1.165) is 4.88 Å². The Balaban J connectivity index is 2.26. The second-order valence-corrected chi connectivity index (χ2v) is 4.15. The van der Waals surface area contributed by atoms with E-state index in [4.69, 9.17) is 16.3 Å². The van der Waals surface area contributed by atoms with Crippen LogP contribution in [0.25, 0.3) is 10.7 Å². The van der Waals surface area contributed by atoms with Crippen molar-refractivity contribution in [2.24, 2.45) is 0 Å². The Morgan fingerprint density at radius 1 is 1.69 bits per heavy atom. The molecule has 0 saturated heterocycles. The molecular formula is C9H8ClN3O2S. The fourth-order valence-electron chi connectivity index (χ4n) is 1.11. The Kier molecular flexibility index (Phi) is 3.21. The monoisotopic (exact) mass is 257 g/mol. The summed E-state index contributed by atoms with van der Waals surface area (Å²) in [7, 11) is 0. The Morgan fingerprint density at radius 2 is 2.50 bits per heavy atom. The number of carbonyl (C=O) groups excluding carboxylic acids is 1. The van der Waals surface area contributed by atoms with Crippen molar-refractivity contribution < 1.29 is 9.53 Å². The number of nitrogens with one attached hydrogen (secondary N) is 1. The van der Waals surface area contributed by atoms with E-state index in [-0.39, 0.29) is 5.82 Å². The molecule has 0 atom stereocenters. The van der Waals surface area contributed by atoms with E-state index in [1.165, 1.54) is 11.3 Å². The molecule has 0 aromatic carbocycles. The molecule has 0 fully saturated rings. The topological polar surface area (TPSA) is 67.9 Å². The molecule has 2 aromatic rings. The number of ether oxygens (including phenoxy) is 1. The molecule has 0 radical (unpaired) electrons. The van der Waals surface area contributed by atoms with Crippen LogP contribution in [0.2, 0.25) is 5.02 Å². The lowest BCUT2D eigenvalue weighted by Crippen LogP contribution is -2.06. The number of aromatic nitrogens is 3. The average Bonchev–Trinajstić information content (AvgIpc) is 2.86. The lowest BCUT2D eigenvalue weighted by molar-refractivity contribution is 0.0512. The van der Waals surface area contributed by atoms with E-state index < -0.39 is 5.97 Å². The number of esters is 1. The van der Waals surface area contributed by atoms with E-state index in [9.17, 15) is 4.79 Å². The van der Waals surface area contributed by atoms with Crippen LogP contribution in [0.1, 0.15) is 17.5 Å². The summed E-state index contributed by atoms with van der Waals surface area (Å²) in [6.45, 7) is 2.02. The molecule has 2 heterocycles. The molecule has 2 aromatic heterocycles. The molecule has 84 valence electrons. The van der Waals surface area contributed by atoms with Gasteiger partial charge < -0.3 is 4.74 Å². The van der Waals surface area contributed by atoms with Crippen molar-refractivity contribution in [2.45, 2.75) is 6.92 Å². The number of halogens is 1. The van der Waals surface area contributed by atoms with Crippen LogP contribution in [-0.4, -0.2) is 27.8 Å². The van der Waals surface area contributed by atoms with Gasteiger partial charge in [0.15, 0.2) is 5.82 Å². The van der Waals surface area contributed by atoms with E-state index in [2.05, 4.69) is 15.2 Å². The first-order chi connectivity index (χ1) is 7.72. The molecule has 2 rings (SSSR count). The summed E-state index contributed by atoms with van der Waals surface area (Å²) in [6.07, 6.45) is 0.